The smallest absolute Gasteiger partial charge is 0.319 e. The molecule has 43 heavy (non-hydrogen) atoms. The predicted octanol–water partition coefficient (Wildman–Crippen LogP) is 4.83. The average Bonchev–Trinajstić information content (AvgIpc) is 3.50. The van der Waals surface area contributed by atoms with Crippen LogP contribution in [0.25, 0.3) is 26.9 Å². The molecule has 0 radical (unpaired) electrons. The number of rotatable bonds is 7. The number of fused-ring (bicyclic) bond motifs is 4. The summed E-state index contributed by atoms with van der Waals surface area (Å²) in [6, 6.07) is 6.91. The summed E-state index contributed by atoms with van der Waals surface area (Å²) in [5, 5.41) is 0.240. The second kappa shape index (κ2) is 10.9. The van der Waals surface area contributed by atoms with Crippen molar-refractivity contribution in [3.05, 3.63) is 71.1 Å². The number of halogens is 2. The monoisotopic (exact) mass is 584 g/mol. The second-order valence-corrected chi connectivity index (χ2v) is 12.2. The van der Waals surface area contributed by atoms with E-state index in [2.05, 4.69) is 27.4 Å². The van der Waals surface area contributed by atoms with Crippen molar-refractivity contribution >= 4 is 22.6 Å². The van der Waals surface area contributed by atoms with Crippen LogP contribution in [-0.4, -0.2) is 84.1 Å². The molecule has 8 nitrogen and oxygen atoms in total. The van der Waals surface area contributed by atoms with Crippen LogP contribution in [0, 0.1) is 24.1 Å². The van der Waals surface area contributed by atoms with Gasteiger partial charge in [0, 0.05) is 31.1 Å². The number of likely N-dealkylation sites (N-methyl/N-ethyl adjacent to an activating group) is 1. The number of aromatic nitrogens is 2. The lowest BCUT2D eigenvalue weighted by molar-refractivity contribution is -0.128. The third-order valence-corrected chi connectivity index (χ3v) is 9.73. The lowest BCUT2D eigenvalue weighted by Crippen LogP contribution is -2.56. The van der Waals surface area contributed by atoms with Crippen LogP contribution in [0.15, 0.2) is 36.9 Å². The van der Waals surface area contributed by atoms with Crippen LogP contribution in [0.5, 0.6) is 6.01 Å². The first-order valence-electron chi connectivity index (χ1n) is 15.0. The number of carbonyl (C=O) groups is 1. The van der Waals surface area contributed by atoms with E-state index in [9.17, 15) is 4.79 Å². The molecule has 0 bridgehead atoms. The molecule has 2 aromatic carbocycles. The van der Waals surface area contributed by atoms with Gasteiger partial charge in [-0.2, -0.15) is 9.97 Å². The summed E-state index contributed by atoms with van der Waals surface area (Å²) < 4.78 is 38.8. The van der Waals surface area contributed by atoms with Crippen molar-refractivity contribution in [2.75, 3.05) is 51.3 Å². The summed E-state index contributed by atoms with van der Waals surface area (Å²) in [4.78, 5) is 31.0. The molecule has 4 atom stereocenters. The maximum absolute atomic E-state index is 16.6. The van der Waals surface area contributed by atoms with E-state index in [1.54, 1.807) is 11.0 Å². The molecule has 10 heteroatoms. The summed E-state index contributed by atoms with van der Waals surface area (Å²) in [5.41, 5.74) is 2.76. The van der Waals surface area contributed by atoms with Crippen molar-refractivity contribution in [3.8, 4) is 17.1 Å². The van der Waals surface area contributed by atoms with E-state index in [0.717, 1.165) is 37.8 Å². The fraction of sp³-hybridized carbons (Fsp3) is 0.455. The van der Waals surface area contributed by atoms with Crippen LogP contribution in [0.4, 0.5) is 14.6 Å². The van der Waals surface area contributed by atoms with E-state index in [1.165, 1.54) is 17.7 Å². The highest BCUT2D eigenvalue weighted by Crippen LogP contribution is 2.58. The minimum absolute atomic E-state index is 0.00302. The number of ether oxygens (including phenoxy) is 1. The van der Waals surface area contributed by atoms with E-state index < -0.39 is 17.7 Å². The van der Waals surface area contributed by atoms with Crippen LogP contribution in [0.3, 0.4) is 0 Å². The summed E-state index contributed by atoms with van der Waals surface area (Å²) in [5.74, 6) is -0.235. The van der Waals surface area contributed by atoms with Crippen molar-refractivity contribution in [1.29, 1.82) is 0 Å². The SMILES string of the molecule is [C-]#[N+]C[C@H]1CN(c2nc(OC[C@@H]3CCCN3C)nc3c(F)c(-c4cccc5c4C[C@@H]4C[C@H]54)c(F)cc23)CCN1C(=O)C=C. The van der Waals surface area contributed by atoms with Gasteiger partial charge in [0.2, 0.25) is 12.5 Å². The normalized spacial score (nSPS) is 24.5. The highest BCUT2D eigenvalue weighted by molar-refractivity contribution is 5.94. The van der Waals surface area contributed by atoms with Gasteiger partial charge in [0.05, 0.1) is 5.56 Å². The minimum atomic E-state index is -0.728. The quantitative estimate of drug-likeness (QED) is 0.293. The van der Waals surface area contributed by atoms with Crippen LogP contribution >= 0.6 is 0 Å². The molecule has 4 aliphatic rings. The molecule has 3 heterocycles. The number of anilines is 1. The molecule has 7 rings (SSSR count). The van der Waals surface area contributed by atoms with E-state index >= 15 is 8.78 Å². The van der Waals surface area contributed by atoms with E-state index in [0.29, 0.717) is 42.9 Å². The molecule has 2 aliphatic heterocycles. The van der Waals surface area contributed by atoms with Crippen molar-refractivity contribution in [2.24, 2.45) is 5.92 Å². The highest BCUT2D eigenvalue weighted by Gasteiger charge is 2.46. The number of benzene rings is 2. The van der Waals surface area contributed by atoms with Crippen LogP contribution < -0.4 is 9.64 Å². The summed E-state index contributed by atoms with van der Waals surface area (Å²) >= 11 is 0. The van der Waals surface area contributed by atoms with Gasteiger partial charge in [-0.15, -0.1) is 0 Å². The van der Waals surface area contributed by atoms with Crippen LogP contribution in [-0.2, 0) is 11.2 Å². The Morgan fingerprint density at radius 3 is 2.86 bits per heavy atom. The van der Waals surface area contributed by atoms with Crippen LogP contribution in [0.2, 0.25) is 0 Å². The second-order valence-electron chi connectivity index (χ2n) is 12.2. The Hall–Kier alpha value is -4.10. The first-order chi connectivity index (χ1) is 20.9. The zero-order valence-corrected chi connectivity index (χ0v) is 24.2. The standard InChI is InChI=1S/C33H34F2N6O2/c1-4-28(42)41-12-11-40(17-21(41)16-36-2)32-26-15-27(34)29(23-9-5-8-22-24-13-19(24)14-25(22)23)30(35)31(26)37-33(38-32)43-18-20-7-6-10-39(20)3/h4-5,8-9,15,19-21,24H,1,6-7,10-14,16-18H2,3H3/t19-,20-,21-,24-/m0/s1. The maximum atomic E-state index is 16.6. The van der Waals surface area contributed by atoms with Crippen molar-refractivity contribution in [3.63, 3.8) is 0 Å². The third-order valence-electron chi connectivity index (χ3n) is 9.73. The molecule has 1 amide bonds. The summed E-state index contributed by atoms with van der Waals surface area (Å²) in [6.07, 6.45) is 5.29. The molecule has 0 N–H and O–H groups in total. The summed E-state index contributed by atoms with van der Waals surface area (Å²) in [7, 11) is 2.05. The number of nitrogens with zero attached hydrogens (tertiary/aromatic N) is 6. The van der Waals surface area contributed by atoms with Gasteiger partial charge in [-0.25, -0.2) is 15.4 Å². The van der Waals surface area contributed by atoms with Gasteiger partial charge in [0.25, 0.3) is 0 Å². The third kappa shape index (κ3) is 4.80. The van der Waals surface area contributed by atoms with Crippen molar-refractivity contribution in [1.82, 2.24) is 19.8 Å². The fourth-order valence-electron chi connectivity index (χ4n) is 7.32. The van der Waals surface area contributed by atoms with Crippen molar-refractivity contribution in [2.45, 2.75) is 43.7 Å². The molecule has 0 spiro atoms. The lowest BCUT2D eigenvalue weighted by Gasteiger charge is -2.39. The molecular weight excluding hydrogens is 550 g/mol. The van der Waals surface area contributed by atoms with Gasteiger partial charge in [-0.05, 0) is 79.9 Å². The molecule has 1 saturated carbocycles. The number of hydrogen-bond acceptors (Lipinski definition) is 6. The fourth-order valence-corrected chi connectivity index (χ4v) is 7.32. The topological polar surface area (TPSA) is 66.2 Å². The number of piperazine rings is 1. The van der Waals surface area contributed by atoms with Gasteiger partial charge in [-0.1, -0.05) is 24.8 Å². The molecule has 222 valence electrons. The zero-order chi connectivity index (χ0) is 29.8. The molecular formula is C33H34F2N6O2. The first kappa shape index (κ1) is 27.7. The highest BCUT2D eigenvalue weighted by atomic mass is 19.1. The Bertz CT molecular complexity index is 1670. The maximum Gasteiger partial charge on any atom is 0.319 e. The van der Waals surface area contributed by atoms with Gasteiger partial charge in [0.15, 0.2) is 5.82 Å². The number of amides is 1. The number of hydrogen-bond donors (Lipinski definition) is 0. The van der Waals surface area contributed by atoms with Gasteiger partial charge in [0.1, 0.15) is 29.8 Å². The molecule has 0 unspecified atom stereocenters. The summed E-state index contributed by atoms with van der Waals surface area (Å²) in [6.45, 7) is 13.4. The number of carbonyl (C=O) groups excluding carboxylic acids is 1. The Balaban J connectivity index is 1.32. The van der Waals surface area contributed by atoms with Gasteiger partial charge >= 0.3 is 6.01 Å². The van der Waals surface area contributed by atoms with Gasteiger partial charge < -0.3 is 24.3 Å². The van der Waals surface area contributed by atoms with Crippen LogP contribution in [0.1, 0.15) is 36.3 Å². The lowest BCUT2D eigenvalue weighted by atomic mass is 9.93. The van der Waals surface area contributed by atoms with Gasteiger partial charge in [-0.3, -0.25) is 4.79 Å². The van der Waals surface area contributed by atoms with E-state index in [4.69, 9.17) is 16.3 Å². The molecule has 2 aliphatic carbocycles. The Morgan fingerprint density at radius 2 is 2.09 bits per heavy atom. The van der Waals surface area contributed by atoms with E-state index in [1.807, 2.05) is 18.0 Å². The Morgan fingerprint density at radius 1 is 1.23 bits per heavy atom. The van der Waals surface area contributed by atoms with Crippen molar-refractivity contribution < 1.29 is 18.3 Å². The first-order valence-corrected chi connectivity index (χ1v) is 15.0. The van der Waals surface area contributed by atoms with E-state index in [-0.39, 0.29) is 47.5 Å². The Kier molecular flexibility index (Phi) is 7.01. The molecule has 3 fully saturated rings. The molecule has 1 aromatic heterocycles. The number of likely N-dealkylation sites (tertiary alicyclic amines) is 1. The zero-order valence-electron chi connectivity index (χ0n) is 24.2. The molecule has 2 saturated heterocycles. The Labute approximate surface area is 249 Å². The minimum Gasteiger partial charge on any atom is -0.462 e. The largest absolute Gasteiger partial charge is 0.462 e. The predicted molar refractivity (Wildman–Crippen MR) is 160 cm³/mol. The molecule has 3 aromatic rings. The average molecular weight is 585 g/mol.